The molecule has 1 aliphatic heterocycles. The zero-order valence-corrected chi connectivity index (χ0v) is 14.0. The molecular formula is C15H30ClN3O. The average Bonchev–Trinajstić information content (AvgIpc) is 2.27. The van der Waals surface area contributed by atoms with Gasteiger partial charge >= 0.3 is 0 Å². The number of piperazine rings is 1. The van der Waals surface area contributed by atoms with Crippen LogP contribution in [0.5, 0.6) is 0 Å². The summed E-state index contributed by atoms with van der Waals surface area (Å²) in [6.07, 6.45) is 6.14. The lowest BCUT2D eigenvalue weighted by Crippen LogP contribution is -2.65. The van der Waals surface area contributed by atoms with Crippen molar-refractivity contribution in [2.45, 2.75) is 64.0 Å². The van der Waals surface area contributed by atoms with Crippen molar-refractivity contribution in [3.05, 3.63) is 0 Å². The van der Waals surface area contributed by atoms with Gasteiger partial charge in [0.15, 0.2) is 0 Å². The highest BCUT2D eigenvalue weighted by molar-refractivity contribution is 5.85. The second-order valence-corrected chi connectivity index (χ2v) is 7.15. The molecule has 2 rings (SSSR count). The number of amides is 1. The van der Waals surface area contributed by atoms with E-state index in [1.807, 2.05) is 0 Å². The third-order valence-electron chi connectivity index (χ3n) is 4.53. The van der Waals surface area contributed by atoms with E-state index >= 15 is 0 Å². The summed E-state index contributed by atoms with van der Waals surface area (Å²) < 4.78 is 0. The normalized spacial score (nSPS) is 23.5. The van der Waals surface area contributed by atoms with Crippen LogP contribution < -0.4 is 5.73 Å². The van der Waals surface area contributed by atoms with Crippen LogP contribution >= 0.6 is 12.4 Å². The molecule has 1 saturated heterocycles. The Bertz CT molecular complexity index is 335. The zero-order chi connectivity index (χ0) is 14.1. The maximum atomic E-state index is 11.9. The molecule has 0 aromatic rings. The van der Waals surface area contributed by atoms with Crippen molar-refractivity contribution in [2.24, 2.45) is 5.73 Å². The monoisotopic (exact) mass is 303 g/mol. The Morgan fingerprint density at radius 3 is 2.30 bits per heavy atom. The summed E-state index contributed by atoms with van der Waals surface area (Å²) in [6, 6.07) is 0. The van der Waals surface area contributed by atoms with Crippen molar-refractivity contribution in [1.29, 1.82) is 0 Å². The molecule has 0 aromatic carbocycles. The van der Waals surface area contributed by atoms with Gasteiger partial charge in [-0.2, -0.15) is 0 Å². The quantitative estimate of drug-likeness (QED) is 0.849. The smallest absolute Gasteiger partial charge is 0.219 e. The fraction of sp³-hybridized carbons (Fsp3) is 0.933. The van der Waals surface area contributed by atoms with Gasteiger partial charge in [0.1, 0.15) is 0 Å². The molecule has 1 saturated carbocycles. The first-order chi connectivity index (χ1) is 8.82. The SMILES string of the molecule is CC(=O)N1CCN(CC(C)(C)N)CC12CCCCC2.Cl. The lowest BCUT2D eigenvalue weighted by Gasteiger charge is -2.53. The van der Waals surface area contributed by atoms with E-state index in [1.54, 1.807) is 6.92 Å². The van der Waals surface area contributed by atoms with Gasteiger partial charge in [0.2, 0.25) is 5.91 Å². The Hall–Kier alpha value is -0.320. The van der Waals surface area contributed by atoms with E-state index in [0.717, 1.165) is 39.0 Å². The van der Waals surface area contributed by atoms with E-state index in [9.17, 15) is 4.79 Å². The summed E-state index contributed by atoms with van der Waals surface area (Å²) >= 11 is 0. The molecule has 0 unspecified atom stereocenters. The van der Waals surface area contributed by atoms with Gasteiger partial charge in [-0.25, -0.2) is 0 Å². The molecule has 2 N–H and O–H groups in total. The highest BCUT2D eigenvalue weighted by Crippen LogP contribution is 2.36. The van der Waals surface area contributed by atoms with Crippen molar-refractivity contribution in [2.75, 3.05) is 26.2 Å². The predicted molar refractivity (Wildman–Crippen MR) is 85.2 cm³/mol. The zero-order valence-electron chi connectivity index (χ0n) is 13.2. The Kier molecular flexibility index (Phi) is 5.88. The number of nitrogens with two attached hydrogens (primary N) is 1. The van der Waals surface area contributed by atoms with E-state index in [1.165, 1.54) is 19.3 Å². The largest absolute Gasteiger partial charge is 0.335 e. The standard InChI is InChI=1S/C15H29N3O.ClH/c1-13(19)18-10-9-17(11-14(2,3)16)12-15(18)7-5-4-6-8-15;/h4-12,16H2,1-3H3;1H. The van der Waals surface area contributed by atoms with Gasteiger partial charge in [0.25, 0.3) is 0 Å². The average molecular weight is 304 g/mol. The number of carbonyl (C=O) groups excluding carboxylic acids is 1. The van der Waals surface area contributed by atoms with Crippen LogP contribution in [-0.4, -0.2) is 53.0 Å². The lowest BCUT2D eigenvalue weighted by molar-refractivity contribution is -0.142. The second kappa shape index (κ2) is 6.63. The number of nitrogens with zero attached hydrogens (tertiary/aromatic N) is 2. The van der Waals surface area contributed by atoms with Crippen LogP contribution in [0.1, 0.15) is 52.9 Å². The Morgan fingerprint density at radius 2 is 1.80 bits per heavy atom. The van der Waals surface area contributed by atoms with Crippen LogP contribution in [-0.2, 0) is 4.79 Å². The molecule has 2 fully saturated rings. The van der Waals surface area contributed by atoms with Gasteiger partial charge in [-0.3, -0.25) is 9.69 Å². The molecule has 2 aliphatic rings. The summed E-state index contributed by atoms with van der Waals surface area (Å²) in [5, 5.41) is 0. The molecule has 1 heterocycles. The third-order valence-corrected chi connectivity index (χ3v) is 4.53. The van der Waals surface area contributed by atoms with Crippen LogP contribution in [0.4, 0.5) is 0 Å². The Labute approximate surface area is 129 Å². The number of carbonyl (C=O) groups is 1. The van der Waals surface area contributed by atoms with Crippen molar-refractivity contribution in [3.63, 3.8) is 0 Å². The van der Waals surface area contributed by atoms with E-state index in [-0.39, 0.29) is 29.4 Å². The predicted octanol–water partition coefficient (Wildman–Crippen LogP) is 2.01. The summed E-state index contributed by atoms with van der Waals surface area (Å²) in [6.45, 7) is 9.63. The minimum Gasteiger partial charge on any atom is -0.335 e. The molecule has 1 aliphatic carbocycles. The molecule has 1 spiro atoms. The molecule has 118 valence electrons. The van der Waals surface area contributed by atoms with Gasteiger partial charge in [-0.15, -0.1) is 12.4 Å². The number of hydrogen-bond donors (Lipinski definition) is 1. The summed E-state index contributed by atoms with van der Waals surface area (Å²) in [4.78, 5) is 16.6. The van der Waals surface area contributed by atoms with Gasteiger partial charge in [0.05, 0.1) is 5.54 Å². The summed E-state index contributed by atoms with van der Waals surface area (Å²) in [5.74, 6) is 0.244. The molecule has 0 aromatic heterocycles. The molecular weight excluding hydrogens is 274 g/mol. The van der Waals surface area contributed by atoms with Crippen molar-refractivity contribution >= 4 is 18.3 Å². The van der Waals surface area contributed by atoms with E-state index in [4.69, 9.17) is 5.73 Å². The first-order valence-corrected chi connectivity index (χ1v) is 7.62. The number of hydrogen-bond acceptors (Lipinski definition) is 3. The molecule has 1 amide bonds. The highest BCUT2D eigenvalue weighted by Gasteiger charge is 2.43. The van der Waals surface area contributed by atoms with Gasteiger partial charge in [-0.05, 0) is 26.7 Å². The molecule has 5 heteroatoms. The third kappa shape index (κ3) is 4.09. The number of rotatable bonds is 2. The van der Waals surface area contributed by atoms with Crippen molar-refractivity contribution in [1.82, 2.24) is 9.80 Å². The van der Waals surface area contributed by atoms with E-state index in [2.05, 4.69) is 23.6 Å². The first-order valence-electron chi connectivity index (χ1n) is 7.62. The van der Waals surface area contributed by atoms with Crippen LogP contribution in [0, 0.1) is 0 Å². The van der Waals surface area contributed by atoms with Crippen molar-refractivity contribution < 1.29 is 4.79 Å². The maximum absolute atomic E-state index is 11.9. The Balaban J connectivity index is 0.00000200. The van der Waals surface area contributed by atoms with Crippen LogP contribution in [0.2, 0.25) is 0 Å². The van der Waals surface area contributed by atoms with E-state index < -0.39 is 0 Å². The molecule has 20 heavy (non-hydrogen) atoms. The molecule has 0 atom stereocenters. The van der Waals surface area contributed by atoms with Crippen molar-refractivity contribution in [3.8, 4) is 0 Å². The molecule has 0 radical (unpaired) electrons. The lowest BCUT2D eigenvalue weighted by atomic mass is 9.78. The van der Waals surface area contributed by atoms with Gasteiger partial charge in [0, 0.05) is 38.6 Å². The first kappa shape index (κ1) is 17.7. The number of halogens is 1. The highest BCUT2D eigenvalue weighted by atomic mass is 35.5. The molecule has 4 nitrogen and oxygen atoms in total. The van der Waals surface area contributed by atoms with Crippen LogP contribution in [0.25, 0.3) is 0 Å². The molecule has 0 bridgehead atoms. The maximum Gasteiger partial charge on any atom is 0.219 e. The Morgan fingerprint density at radius 1 is 1.20 bits per heavy atom. The van der Waals surface area contributed by atoms with Gasteiger partial charge < -0.3 is 10.6 Å². The van der Waals surface area contributed by atoms with Crippen LogP contribution in [0.15, 0.2) is 0 Å². The fourth-order valence-corrected chi connectivity index (χ4v) is 3.90. The fourth-order valence-electron chi connectivity index (χ4n) is 3.90. The topological polar surface area (TPSA) is 49.6 Å². The summed E-state index contributed by atoms with van der Waals surface area (Å²) in [7, 11) is 0. The second-order valence-electron chi connectivity index (χ2n) is 7.15. The minimum absolute atomic E-state index is 0. The van der Waals surface area contributed by atoms with E-state index in [0.29, 0.717) is 0 Å². The van der Waals surface area contributed by atoms with Gasteiger partial charge in [-0.1, -0.05) is 19.3 Å². The van der Waals surface area contributed by atoms with Crippen LogP contribution in [0.3, 0.4) is 0 Å². The summed E-state index contributed by atoms with van der Waals surface area (Å²) in [5.41, 5.74) is 6.09. The minimum atomic E-state index is -0.158.